The van der Waals surface area contributed by atoms with E-state index in [4.69, 9.17) is 0 Å². The van der Waals surface area contributed by atoms with Gasteiger partial charge in [0.1, 0.15) is 11.6 Å². The van der Waals surface area contributed by atoms with Gasteiger partial charge in [-0.1, -0.05) is 26.8 Å². The lowest BCUT2D eigenvalue weighted by atomic mass is 9.88. The number of nitrogens with one attached hydrogen (secondary N) is 1. The van der Waals surface area contributed by atoms with E-state index in [1.54, 1.807) is 0 Å². The van der Waals surface area contributed by atoms with E-state index in [0.29, 0.717) is 0 Å². The molecule has 0 aliphatic heterocycles. The van der Waals surface area contributed by atoms with E-state index >= 15 is 0 Å². The minimum Gasteiger partial charge on any atom is -0.316 e. The summed E-state index contributed by atoms with van der Waals surface area (Å²) >= 11 is 0. The molecule has 2 unspecified atom stereocenters. The Hall–Kier alpha value is -0.960. The first-order valence-corrected chi connectivity index (χ1v) is 6.22. The van der Waals surface area contributed by atoms with E-state index in [9.17, 15) is 8.78 Å². The lowest BCUT2D eigenvalue weighted by molar-refractivity contribution is 0.418. The molecule has 96 valence electrons. The first-order chi connectivity index (χ1) is 8.07. The normalized spacial score (nSPS) is 14.6. The summed E-state index contributed by atoms with van der Waals surface area (Å²) in [6, 6.07) is 4.04. The van der Waals surface area contributed by atoms with Crippen LogP contribution < -0.4 is 5.32 Å². The van der Waals surface area contributed by atoms with Gasteiger partial charge in [-0.25, -0.2) is 8.78 Å². The minimum atomic E-state index is -0.445. The molecule has 3 heteroatoms. The monoisotopic (exact) mass is 241 g/mol. The number of hydrogen-bond donors (Lipinski definition) is 1. The third kappa shape index (κ3) is 3.77. The Morgan fingerprint density at radius 3 is 2.29 bits per heavy atom. The van der Waals surface area contributed by atoms with Gasteiger partial charge in [0, 0.05) is 5.56 Å². The van der Waals surface area contributed by atoms with Crippen LogP contribution in [0.4, 0.5) is 8.78 Å². The summed E-state index contributed by atoms with van der Waals surface area (Å²) in [5.41, 5.74) is 0.207. The molecule has 0 aliphatic rings. The molecule has 0 amide bonds. The molecule has 1 nitrogen and oxygen atoms in total. The van der Waals surface area contributed by atoms with Gasteiger partial charge in [0.05, 0.1) is 0 Å². The molecule has 1 N–H and O–H groups in total. The number of rotatable bonds is 6. The van der Waals surface area contributed by atoms with Gasteiger partial charge >= 0.3 is 0 Å². The highest BCUT2D eigenvalue weighted by molar-refractivity contribution is 5.23. The SMILES string of the molecule is CCCNCC(C)C(C)c1c(F)cccc1F. The molecule has 0 heterocycles. The van der Waals surface area contributed by atoms with Crippen molar-refractivity contribution in [2.24, 2.45) is 5.92 Å². The van der Waals surface area contributed by atoms with Crippen molar-refractivity contribution < 1.29 is 8.78 Å². The maximum absolute atomic E-state index is 13.6. The van der Waals surface area contributed by atoms with Crippen LogP contribution in [-0.4, -0.2) is 13.1 Å². The van der Waals surface area contributed by atoms with Gasteiger partial charge in [-0.15, -0.1) is 0 Å². The van der Waals surface area contributed by atoms with Crippen molar-refractivity contribution >= 4 is 0 Å². The Morgan fingerprint density at radius 2 is 1.76 bits per heavy atom. The van der Waals surface area contributed by atoms with Gasteiger partial charge in [-0.2, -0.15) is 0 Å². The Bertz CT molecular complexity index is 332. The Kier molecular flexibility index (Phi) is 5.56. The molecule has 2 atom stereocenters. The zero-order valence-corrected chi connectivity index (χ0v) is 10.8. The molecular weight excluding hydrogens is 220 g/mol. The zero-order chi connectivity index (χ0) is 12.8. The average molecular weight is 241 g/mol. The van der Waals surface area contributed by atoms with Gasteiger partial charge in [0.25, 0.3) is 0 Å². The lowest BCUT2D eigenvalue weighted by Crippen LogP contribution is -2.25. The standard InChI is InChI=1S/C14H21F2N/c1-4-8-17-9-10(2)11(3)14-12(15)6-5-7-13(14)16/h5-7,10-11,17H,4,8-9H2,1-3H3. The number of hydrogen-bond acceptors (Lipinski definition) is 1. The van der Waals surface area contributed by atoms with Crippen molar-refractivity contribution in [3.05, 3.63) is 35.4 Å². The summed E-state index contributed by atoms with van der Waals surface area (Å²) in [6.07, 6.45) is 1.06. The topological polar surface area (TPSA) is 12.0 Å². The fourth-order valence-corrected chi connectivity index (χ4v) is 1.91. The molecular formula is C14H21F2N. The lowest BCUT2D eigenvalue weighted by Gasteiger charge is -2.21. The van der Waals surface area contributed by atoms with E-state index in [0.717, 1.165) is 19.5 Å². The fourth-order valence-electron chi connectivity index (χ4n) is 1.91. The van der Waals surface area contributed by atoms with E-state index in [1.165, 1.54) is 18.2 Å². The Morgan fingerprint density at radius 1 is 1.18 bits per heavy atom. The second kappa shape index (κ2) is 6.70. The van der Waals surface area contributed by atoms with Gasteiger partial charge in [-0.05, 0) is 43.5 Å². The van der Waals surface area contributed by atoms with E-state index in [-0.39, 0.29) is 17.4 Å². The highest BCUT2D eigenvalue weighted by Gasteiger charge is 2.20. The molecule has 0 spiro atoms. The summed E-state index contributed by atoms with van der Waals surface area (Å²) in [4.78, 5) is 0. The van der Waals surface area contributed by atoms with Crippen LogP contribution in [0.15, 0.2) is 18.2 Å². The van der Waals surface area contributed by atoms with Gasteiger partial charge in [0.2, 0.25) is 0 Å². The van der Waals surface area contributed by atoms with Crippen LogP contribution in [0, 0.1) is 17.6 Å². The van der Waals surface area contributed by atoms with E-state index < -0.39 is 11.6 Å². The van der Waals surface area contributed by atoms with Gasteiger partial charge in [0.15, 0.2) is 0 Å². The molecule has 0 radical (unpaired) electrons. The Balaban J connectivity index is 2.71. The summed E-state index contributed by atoms with van der Waals surface area (Å²) in [6.45, 7) is 7.70. The summed E-state index contributed by atoms with van der Waals surface area (Å²) in [5.74, 6) is -0.812. The molecule has 0 saturated heterocycles. The van der Waals surface area contributed by atoms with Crippen LogP contribution in [0.1, 0.15) is 38.7 Å². The summed E-state index contributed by atoms with van der Waals surface area (Å²) in [7, 11) is 0. The average Bonchev–Trinajstić information content (AvgIpc) is 2.28. The quantitative estimate of drug-likeness (QED) is 0.749. The number of benzene rings is 1. The molecule has 1 aromatic rings. The maximum atomic E-state index is 13.6. The van der Waals surface area contributed by atoms with Crippen LogP contribution in [0.3, 0.4) is 0 Å². The minimum absolute atomic E-state index is 0.124. The van der Waals surface area contributed by atoms with Crippen LogP contribution in [0.5, 0.6) is 0 Å². The molecule has 0 saturated carbocycles. The van der Waals surface area contributed by atoms with Gasteiger partial charge in [-0.3, -0.25) is 0 Å². The summed E-state index contributed by atoms with van der Waals surface area (Å²) in [5, 5.41) is 3.28. The zero-order valence-electron chi connectivity index (χ0n) is 10.8. The largest absolute Gasteiger partial charge is 0.316 e. The van der Waals surface area contributed by atoms with E-state index in [2.05, 4.69) is 12.2 Å². The molecule has 0 fully saturated rings. The second-order valence-electron chi connectivity index (χ2n) is 4.61. The second-order valence-corrected chi connectivity index (χ2v) is 4.61. The van der Waals surface area contributed by atoms with Crippen LogP contribution in [0.2, 0.25) is 0 Å². The predicted octanol–water partition coefficient (Wildman–Crippen LogP) is 3.70. The van der Waals surface area contributed by atoms with Crippen molar-refractivity contribution in [3.8, 4) is 0 Å². The van der Waals surface area contributed by atoms with Crippen molar-refractivity contribution in [1.29, 1.82) is 0 Å². The molecule has 1 rings (SSSR count). The van der Waals surface area contributed by atoms with Crippen LogP contribution in [0.25, 0.3) is 0 Å². The van der Waals surface area contributed by atoms with Crippen molar-refractivity contribution in [2.75, 3.05) is 13.1 Å². The van der Waals surface area contributed by atoms with Crippen molar-refractivity contribution in [3.63, 3.8) is 0 Å². The first kappa shape index (κ1) is 14.1. The highest BCUT2D eigenvalue weighted by atomic mass is 19.1. The van der Waals surface area contributed by atoms with E-state index in [1.807, 2.05) is 13.8 Å². The fraction of sp³-hybridized carbons (Fsp3) is 0.571. The van der Waals surface area contributed by atoms with Crippen LogP contribution >= 0.6 is 0 Å². The molecule has 17 heavy (non-hydrogen) atoms. The van der Waals surface area contributed by atoms with Gasteiger partial charge < -0.3 is 5.32 Å². The first-order valence-electron chi connectivity index (χ1n) is 6.22. The summed E-state index contributed by atoms with van der Waals surface area (Å²) < 4.78 is 27.2. The number of halogens is 2. The molecule has 0 bridgehead atoms. The smallest absolute Gasteiger partial charge is 0.129 e. The third-order valence-electron chi connectivity index (χ3n) is 3.20. The molecule has 0 aromatic heterocycles. The van der Waals surface area contributed by atoms with Crippen LogP contribution in [-0.2, 0) is 0 Å². The maximum Gasteiger partial charge on any atom is 0.129 e. The Labute approximate surface area is 102 Å². The molecule has 0 aliphatic carbocycles. The third-order valence-corrected chi connectivity index (χ3v) is 3.20. The predicted molar refractivity (Wildman–Crippen MR) is 67.1 cm³/mol. The highest BCUT2D eigenvalue weighted by Crippen LogP contribution is 2.28. The van der Waals surface area contributed by atoms with Crippen molar-refractivity contribution in [2.45, 2.75) is 33.1 Å². The molecule has 1 aromatic carbocycles. The van der Waals surface area contributed by atoms with Crippen molar-refractivity contribution in [1.82, 2.24) is 5.32 Å².